The Bertz CT molecular complexity index is 4230. The molecular weight excluding hydrogens is 1140 g/mol. The summed E-state index contributed by atoms with van der Waals surface area (Å²) in [5, 5.41) is 5.62. The molecule has 2 aliphatic carbocycles. The van der Waals surface area contributed by atoms with Crippen LogP contribution in [-0.4, -0.2) is 24.2 Å². The zero-order valence-electron chi connectivity index (χ0n) is 52.4. The van der Waals surface area contributed by atoms with Crippen molar-refractivity contribution in [1.29, 1.82) is 0 Å². The van der Waals surface area contributed by atoms with Crippen LogP contribution in [0, 0.1) is 34.9 Å². The van der Waals surface area contributed by atoms with E-state index in [0.717, 1.165) is 51.1 Å². The van der Waals surface area contributed by atoms with E-state index in [4.69, 9.17) is 6.42 Å². The van der Waals surface area contributed by atoms with Gasteiger partial charge in [0, 0.05) is 43.8 Å². The van der Waals surface area contributed by atoms with Crippen molar-refractivity contribution in [2.45, 2.75) is 182 Å². The van der Waals surface area contributed by atoms with Crippen molar-refractivity contribution >= 4 is 141 Å². The summed E-state index contributed by atoms with van der Waals surface area (Å²) in [5.41, 5.74) is 27.5. The molecule has 0 bridgehead atoms. The molecule has 84 heavy (non-hydrogen) atoms. The van der Waals surface area contributed by atoms with Gasteiger partial charge < -0.3 is 12.0 Å². The van der Waals surface area contributed by atoms with Gasteiger partial charge in [0.2, 0.25) is 10.9 Å². The van der Waals surface area contributed by atoms with Gasteiger partial charge in [0.15, 0.2) is 0 Å². The molecule has 12 rings (SSSR count). The summed E-state index contributed by atoms with van der Waals surface area (Å²) in [6.45, 7) is 42.4. The van der Waals surface area contributed by atoms with Crippen molar-refractivity contribution < 1.29 is 18.9 Å². The second-order valence-corrected chi connectivity index (χ2v) is 46.8. The van der Waals surface area contributed by atoms with Crippen LogP contribution in [0.1, 0.15) is 143 Å². The van der Waals surface area contributed by atoms with Crippen molar-refractivity contribution in [3.63, 3.8) is 0 Å². The molecule has 0 atom stereocenters. The average Bonchev–Trinajstić information content (AvgIpc) is 1.61. The van der Waals surface area contributed by atoms with Crippen molar-refractivity contribution in [3.8, 4) is 50.7 Å². The van der Waals surface area contributed by atoms with Gasteiger partial charge in [-0.15, -0.1) is 56.4 Å². The molecule has 0 saturated carbocycles. The largest absolute Gasteiger partial charge is 1.00 e. The zero-order valence-corrected chi connectivity index (χ0v) is 58.6. The maximum absolute atomic E-state index is 12.7. The summed E-state index contributed by atoms with van der Waals surface area (Å²) < 4.78 is 9.39. The average molecular weight is 1220 g/mol. The van der Waals surface area contributed by atoms with Crippen molar-refractivity contribution in [1.82, 2.24) is 0 Å². The zero-order chi connectivity index (χ0) is 59.2. The third-order valence-electron chi connectivity index (χ3n) is 19.3. The predicted octanol–water partition coefficient (Wildman–Crippen LogP) is 18.4. The summed E-state index contributed by atoms with van der Waals surface area (Å²) in [5.74, 6) is 7.83. The molecule has 4 heterocycles. The van der Waals surface area contributed by atoms with Gasteiger partial charge in [-0.2, -0.15) is 0 Å². The maximum atomic E-state index is 12.7. The standard InChI is InChI=1S/C42H50S2Si2.C20H8O2S2.C11H21Si.CH4.Li/c1-25(2)45(26(3)4,27(5)6)23-21-35-31-17-13-15-19-33(31)37-39(35)43-42-38-34-20-16-14-18-32(34)36(40(38)44-41(37)42)22-24-46(28(7)8,29(9)10)30(11)12;21-15-11-7-3-1-5-9(11)13-17(15)23-20-14-10-6-2-4-8-12(10)16(22)18(14)24-19(13)20;1-8-12(9(2)3,10(4)5)11(6)7;;/h13-20,25-30H,1-12H3;1-8H;9-11H,2-7H3;1H4;/q;;-1;;+1. The minimum Gasteiger partial charge on any atom is -0.701 e. The fourth-order valence-corrected chi connectivity index (χ4v) is 36.6. The normalized spacial score (nSPS) is 13.0. The van der Waals surface area contributed by atoms with E-state index in [1.807, 2.05) is 71.2 Å². The molecule has 0 spiro atoms. The number of hydrogen-bond acceptors (Lipinski definition) is 6. The van der Waals surface area contributed by atoms with Crippen LogP contribution in [0.25, 0.3) is 93.9 Å². The molecule has 0 N–H and O–H groups in total. The molecule has 10 heteroatoms. The summed E-state index contributed by atoms with van der Waals surface area (Å²) in [7, 11) is -5.33. The number of thiophene rings is 4. The van der Waals surface area contributed by atoms with Crippen molar-refractivity contribution in [3.05, 3.63) is 144 Å². The number of rotatable bonds is 9. The molecule has 0 saturated heterocycles. The van der Waals surface area contributed by atoms with Crippen LogP contribution in [-0.2, 0) is 0 Å². The Balaban J connectivity index is 0.000000200. The molecule has 0 unspecified atom stereocenters. The van der Waals surface area contributed by atoms with E-state index in [0.29, 0.717) is 49.9 Å². The second kappa shape index (κ2) is 24.8. The van der Waals surface area contributed by atoms with Crippen LogP contribution in [0.3, 0.4) is 0 Å². The Hall–Kier alpha value is -4.79. The van der Waals surface area contributed by atoms with Gasteiger partial charge in [-0.25, -0.2) is 0 Å². The Morgan fingerprint density at radius 1 is 0.357 bits per heavy atom. The number of benzene rings is 4. The van der Waals surface area contributed by atoms with Gasteiger partial charge in [-0.1, -0.05) is 241 Å². The second-order valence-electron chi connectivity index (χ2n) is 25.9. The van der Waals surface area contributed by atoms with E-state index in [9.17, 15) is 9.59 Å². The molecule has 6 aromatic carbocycles. The molecule has 428 valence electrons. The van der Waals surface area contributed by atoms with Crippen LogP contribution in [0.2, 0.25) is 49.9 Å². The summed E-state index contributed by atoms with van der Waals surface area (Å²) in [6, 6.07) is 33.5. The van der Waals surface area contributed by atoms with Crippen LogP contribution >= 0.6 is 45.3 Å². The van der Waals surface area contributed by atoms with E-state index in [1.54, 1.807) is 0 Å². The molecular formula is C74H83LiO2S4Si3. The van der Waals surface area contributed by atoms with Gasteiger partial charge in [0.25, 0.3) is 0 Å². The van der Waals surface area contributed by atoms with Gasteiger partial charge in [0.05, 0.1) is 45.3 Å². The quantitative estimate of drug-likeness (QED) is 0.0820. The Morgan fingerprint density at radius 3 is 0.905 bits per heavy atom. The van der Waals surface area contributed by atoms with Crippen LogP contribution < -0.4 is 38.8 Å². The topological polar surface area (TPSA) is 34.1 Å². The van der Waals surface area contributed by atoms with E-state index >= 15 is 0 Å². The van der Waals surface area contributed by atoms with Crippen LogP contribution in [0.5, 0.6) is 0 Å². The van der Waals surface area contributed by atoms with E-state index in [1.165, 1.54) is 85.7 Å². The predicted molar refractivity (Wildman–Crippen MR) is 382 cm³/mol. The summed E-state index contributed by atoms with van der Waals surface area (Å²) >= 11 is 7.03. The molecule has 2 nitrogen and oxygen atoms in total. The Morgan fingerprint density at radius 2 is 0.631 bits per heavy atom. The fraction of sp³-hybridized carbons (Fsp3) is 0.378. The first-order chi connectivity index (χ1) is 38.9. The molecule has 0 aliphatic heterocycles. The van der Waals surface area contributed by atoms with Crippen LogP contribution in [0.4, 0.5) is 0 Å². The Kier molecular flexibility index (Phi) is 19.2. The third kappa shape index (κ3) is 9.96. The molecule has 0 amide bonds. The van der Waals surface area contributed by atoms with Gasteiger partial charge in [-0.05, 0) is 82.9 Å². The first-order valence-corrected chi connectivity index (χ1v) is 39.8. The van der Waals surface area contributed by atoms with Crippen molar-refractivity contribution in [2.75, 3.05) is 0 Å². The molecule has 4 aromatic heterocycles. The smallest absolute Gasteiger partial charge is 0.701 e. The van der Waals surface area contributed by atoms with E-state index in [-0.39, 0.29) is 37.1 Å². The van der Waals surface area contributed by atoms with E-state index < -0.39 is 24.2 Å². The van der Waals surface area contributed by atoms with Crippen LogP contribution in [0.15, 0.2) is 107 Å². The van der Waals surface area contributed by atoms with E-state index in [2.05, 4.69) is 202 Å². The molecule has 0 fully saturated rings. The number of hydrogen-bond donors (Lipinski definition) is 0. The SMILES string of the molecule is C.CC(C)[Si](C#CC1=c2sc3c4c(sc3c2-c2ccccc21)=C(C#C[Si](C(C)C)(C(C)C)C(C)C)c1ccccc1-4)(C(C)C)C(C)C.O=c1c2ccccc2c2c1sc1c2sc2c(=O)c3ccccc3c21.[C-]#C[Si](C(C)C)(C(C)C)C(C)C.[Li+]. The summed E-state index contributed by atoms with van der Waals surface area (Å²) in [4.78, 5) is 25.4. The maximum Gasteiger partial charge on any atom is 1.00 e. The Labute approximate surface area is 532 Å². The van der Waals surface area contributed by atoms with Crippen molar-refractivity contribution in [2.24, 2.45) is 0 Å². The fourth-order valence-electron chi connectivity index (χ4n) is 15.5. The first-order valence-electron chi connectivity index (χ1n) is 29.8. The molecule has 10 aromatic rings. The monoisotopic (exact) mass is 1220 g/mol. The first kappa shape index (κ1) is 65.2. The van der Waals surface area contributed by atoms with Gasteiger partial charge in [-0.3, -0.25) is 9.59 Å². The minimum atomic E-state index is -1.87. The van der Waals surface area contributed by atoms with Gasteiger partial charge in [0.1, 0.15) is 16.1 Å². The molecule has 0 radical (unpaired) electrons. The van der Waals surface area contributed by atoms with Gasteiger partial charge >= 0.3 is 18.9 Å². The molecule has 2 aliphatic rings. The number of fused-ring (bicyclic) bond motifs is 18. The minimum absolute atomic E-state index is 0. The third-order valence-corrected chi connectivity index (χ3v) is 43.2. The summed E-state index contributed by atoms with van der Waals surface area (Å²) in [6.07, 6.45) is 7.51.